The van der Waals surface area contributed by atoms with Gasteiger partial charge in [-0.15, -0.1) is 0 Å². The fraction of sp³-hybridized carbons (Fsp3) is 0.333. The molecule has 3 N–H and O–H groups in total. The van der Waals surface area contributed by atoms with Gasteiger partial charge < -0.3 is 15.7 Å². The van der Waals surface area contributed by atoms with Crippen molar-refractivity contribution in [3.8, 4) is 0 Å². The molecule has 2 aromatic carbocycles. The number of hydrogen-bond donors (Lipinski definition) is 3. The van der Waals surface area contributed by atoms with Crippen LogP contribution in [0.4, 0.5) is 11.4 Å². The number of anilines is 2. The highest BCUT2D eigenvalue weighted by Gasteiger charge is 2.11. The van der Waals surface area contributed by atoms with Crippen molar-refractivity contribution in [3.63, 3.8) is 0 Å². The van der Waals surface area contributed by atoms with E-state index in [-0.39, 0.29) is 6.61 Å². The minimum Gasteiger partial charge on any atom is -0.396 e. The van der Waals surface area contributed by atoms with E-state index in [1.54, 1.807) is 0 Å². The highest BCUT2D eigenvalue weighted by Crippen LogP contribution is 2.26. The highest BCUT2D eigenvalue weighted by molar-refractivity contribution is 5.60. The van der Waals surface area contributed by atoms with Crippen molar-refractivity contribution < 1.29 is 5.11 Å². The Balaban J connectivity index is 1.67. The van der Waals surface area contributed by atoms with E-state index in [2.05, 4.69) is 53.1 Å². The first-order valence-corrected chi connectivity index (χ1v) is 7.65. The molecule has 0 amide bonds. The van der Waals surface area contributed by atoms with Crippen molar-refractivity contribution in [3.05, 3.63) is 59.2 Å². The van der Waals surface area contributed by atoms with E-state index in [9.17, 15) is 0 Å². The van der Waals surface area contributed by atoms with Crippen LogP contribution in [0.3, 0.4) is 0 Å². The van der Waals surface area contributed by atoms with Crippen molar-refractivity contribution in [1.29, 1.82) is 0 Å². The van der Waals surface area contributed by atoms with Gasteiger partial charge in [-0.25, -0.2) is 0 Å². The molecule has 0 fully saturated rings. The summed E-state index contributed by atoms with van der Waals surface area (Å²) in [7, 11) is 0. The maximum Gasteiger partial charge on any atom is 0.0471 e. The van der Waals surface area contributed by atoms with Gasteiger partial charge in [-0.2, -0.15) is 0 Å². The Morgan fingerprint density at radius 2 is 1.95 bits per heavy atom. The Labute approximate surface area is 126 Å². The van der Waals surface area contributed by atoms with Gasteiger partial charge in [0.05, 0.1) is 0 Å². The largest absolute Gasteiger partial charge is 0.396 e. The zero-order chi connectivity index (χ0) is 14.5. The summed E-state index contributed by atoms with van der Waals surface area (Å²) < 4.78 is 0. The summed E-state index contributed by atoms with van der Waals surface area (Å²) in [5, 5.41) is 15.9. The lowest BCUT2D eigenvalue weighted by Crippen LogP contribution is -2.14. The summed E-state index contributed by atoms with van der Waals surface area (Å²) in [6.07, 6.45) is 3.11. The lowest BCUT2D eigenvalue weighted by Gasteiger charge is -2.21. The summed E-state index contributed by atoms with van der Waals surface area (Å²) in [4.78, 5) is 0. The lowest BCUT2D eigenvalue weighted by atomic mass is 9.99. The molecule has 0 spiro atoms. The highest BCUT2D eigenvalue weighted by atomic mass is 16.2. The topological polar surface area (TPSA) is 44.3 Å². The van der Waals surface area contributed by atoms with Gasteiger partial charge in [-0.3, -0.25) is 0 Å². The van der Waals surface area contributed by atoms with Gasteiger partial charge in [0.15, 0.2) is 0 Å². The number of nitrogens with one attached hydrogen (secondary N) is 2. The first-order chi connectivity index (χ1) is 10.4. The number of aliphatic hydroxyl groups is 1. The average molecular weight is 282 g/mol. The Hall–Kier alpha value is -2.00. The molecule has 0 bridgehead atoms. The fourth-order valence-corrected chi connectivity index (χ4v) is 2.84. The van der Waals surface area contributed by atoms with Crippen molar-refractivity contribution in [2.45, 2.75) is 25.8 Å². The molecule has 3 rings (SSSR count). The molecule has 2 aromatic rings. The molecule has 3 nitrogen and oxygen atoms in total. The van der Waals surface area contributed by atoms with Gasteiger partial charge in [-0.05, 0) is 48.1 Å². The van der Waals surface area contributed by atoms with E-state index in [1.165, 1.54) is 35.2 Å². The zero-order valence-corrected chi connectivity index (χ0v) is 12.2. The van der Waals surface area contributed by atoms with Crippen LogP contribution in [0.2, 0.25) is 0 Å². The van der Waals surface area contributed by atoms with E-state index in [1.807, 2.05) is 0 Å². The van der Waals surface area contributed by atoms with E-state index in [4.69, 9.17) is 5.11 Å². The van der Waals surface area contributed by atoms with Crippen molar-refractivity contribution in [2.24, 2.45) is 0 Å². The summed E-state index contributed by atoms with van der Waals surface area (Å²) >= 11 is 0. The molecule has 3 heteroatoms. The Kier molecular flexibility index (Phi) is 4.41. The van der Waals surface area contributed by atoms with Crippen LogP contribution in [0.5, 0.6) is 0 Å². The van der Waals surface area contributed by atoms with Crippen LogP contribution in [-0.4, -0.2) is 18.3 Å². The van der Waals surface area contributed by atoms with E-state index in [0.717, 1.165) is 25.2 Å². The standard InChI is InChI=1S/C18H22N2O/c21-12-10-14-6-8-17(9-7-14)20-13-16-4-1-3-15-5-2-11-19-18(15)16/h1,3-4,6-9,19-21H,2,5,10-13H2. The molecular formula is C18H22N2O. The van der Waals surface area contributed by atoms with Crippen LogP contribution in [0.15, 0.2) is 42.5 Å². The van der Waals surface area contributed by atoms with Gasteiger partial charge in [0.2, 0.25) is 0 Å². The molecule has 0 saturated heterocycles. The zero-order valence-electron chi connectivity index (χ0n) is 12.2. The maximum absolute atomic E-state index is 8.93. The van der Waals surface area contributed by atoms with Gasteiger partial charge >= 0.3 is 0 Å². The molecule has 0 atom stereocenters. The molecular weight excluding hydrogens is 260 g/mol. The second kappa shape index (κ2) is 6.64. The van der Waals surface area contributed by atoms with Crippen LogP contribution >= 0.6 is 0 Å². The third kappa shape index (κ3) is 3.37. The van der Waals surface area contributed by atoms with Crippen LogP contribution in [0.25, 0.3) is 0 Å². The molecule has 0 saturated carbocycles. The molecule has 0 aromatic heterocycles. The molecule has 1 aliphatic rings. The number of fused-ring (bicyclic) bond motifs is 1. The normalized spacial score (nSPS) is 13.4. The van der Waals surface area contributed by atoms with Crippen molar-refractivity contribution in [2.75, 3.05) is 23.8 Å². The number of aryl methyl sites for hydroxylation is 1. The number of rotatable bonds is 5. The predicted octanol–water partition coefficient (Wildman–Crippen LogP) is 3.19. The Morgan fingerprint density at radius 3 is 2.76 bits per heavy atom. The third-order valence-corrected chi connectivity index (χ3v) is 4.00. The maximum atomic E-state index is 8.93. The fourth-order valence-electron chi connectivity index (χ4n) is 2.84. The Bertz CT molecular complexity index is 593. The van der Waals surface area contributed by atoms with Crippen LogP contribution in [0, 0.1) is 0 Å². The molecule has 21 heavy (non-hydrogen) atoms. The minimum atomic E-state index is 0.203. The van der Waals surface area contributed by atoms with Crippen LogP contribution in [-0.2, 0) is 19.4 Å². The molecule has 1 heterocycles. The number of hydrogen-bond acceptors (Lipinski definition) is 3. The molecule has 1 aliphatic heterocycles. The predicted molar refractivity (Wildman–Crippen MR) is 87.8 cm³/mol. The average Bonchev–Trinajstić information content (AvgIpc) is 2.54. The molecule has 0 aliphatic carbocycles. The number of para-hydroxylation sites is 1. The van der Waals surface area contributed by atoms with E-state index in [0.29, 0.717) is 0 Å². The SMILES string of the molecule is OCCc1ccc(NCc2cccc3c2NCCC3)cc1. The first-order valence-electron chi connectivity index (χ1n) is 7.65. The second-order valence-electron chi connectivity index (χ2n) is 5.51. The van der Waals surface area contributed by atoms with Crippen LogP contribution in [0.1, 0.15) is 23.1 Å². The minimum absolute atomic E-state index is 0.203. The third-order valence-electron chi connectivity index (χ3n) is 4.00. The lowest BCUT2D eigenvalue weighted by molar-refractivity contribution is 0.299. The summed E-state index contributed by atoms with van der Waals surface area (Å²) in [6, 6.07) is 14.8. The van der Waals surface area contributed by atoms with Gasteiger partial charge in [-0.1, -0.05) is 30.3 Å². The van der Waals surface area contributed by atoms with Crippen molar-refractivity contribution >= 4 is 11.4 Å². The summed E-state index contributed by atoms with van der Waals surface area (Å²) in [5.41, 5.74) is 6.35. The van der Waals surface area contributed by atoms with Crippen LogP contribution < -0.4 is 10.6 Å². The van der Waals surface area contributed by atoms with Gasteiger partial charge in [0.25, 0.3) is 0 Å². The van der Waals surface area contributed by atoms with E-state index < -0.39 is 0 Å². The second-order valence-corrected chi connectivity index (χ2v) is 5.51. The Morgan fingerprint density at radius 1 is 1.10 bits per heavy atom. The quantitative estimate of drug-likeness (QED) is 0.789. The molecule has 0 unspecified atom stereocenters. The van der Waals surface area contributed by atoms with Gasteiger partial charge in [0, 0.05) is 31.1 Å². The monoisotopic (exact) mass is 282 g/mol. The summed E-state index contributed by atoms with van der Waals surface area (Å²) in [6.45, 7) is 2.10. The van der Waals surface area contributed by atoms with Crippen molar-refractivity contribution in [1.82, 2.24) is 0 Å². The molecule has 110 valence electrons. The van der Waals surface area contributed by atoms with E-state index >= 15 is 0 Å². The number of benzene rings is 2. The number of aliphatic hydroxyl groups excluding tert-OH is 1. The smallest absolute Gasteiger partial charge is 0.0471 e. The first kappa shape index (κ1) is 14.0. The van der Waals surface area contributed by atoms with Gasteiger partial charge in [0.1, 0.15) is 0 Å². The molecule has 0 radical (unpaired) electrons. The summed E-state index contributed by atoms with van der Waals surface area (Å²) in [5.74, 6) is 0.